The maximum Gasteiger partial charge on any atom is 0.116 e. The monoisotopic (exact) mass is 537 g/mol. The van der Waals surface area contributed by atoms with Gasteiger partial charge >= 0.3 is 0 Å². The van der Waals surface area contributed by atoms with E-state index >= 15 is 0 Å². The summed E-state index contributed by atoms with van der Waals surface area (Å²) in [6, 6.07) is 10.3. The van der Waals surface area contributed by atoms with Gasteiger partial charge in [-0.05, 0) is 90.2 Å². The van der Waals surface area contributed by atoms with Crippen molar-refractivity contribution in [1.29, 1.82) is 0 Å². The van der Waals surface area contributed by atoms with Crippen LogP contribution >= 0.6 is 11.5 Å². The first kappa shape index (κ1) is 31.8. The van der Waals surface area contributed by atoms with Crippen LogP contribution in [0.2, 0.25) is 0 Å². The largest absolute Gasteiger partial charge is 0.385 e. The lowest BCUT2D eigenvalue weighted by atomic mass is 9.89. The Morgan fingerprint density at radius 1 is 1.08 bits per heavy atom. The molecule has 0 saturated heterocycles. The van der Waals surface area contributed by atoms with Gasteiger partial charge in [0.15, 0.2) is 0 Å². The number of aromatic nitrogens is 3. The number of nitrogens with zero attached hydrogens (tertiary/aromatic N) is 3. The first-order chi connectivity index (χ1) is 18.3. The van der Waals surface area contributed by atoms with Crippen molar-refractivity contribution in [2.75, 3.05) is 13.7 Å². The molecule has 0 aliphatic heterocycles. The van der Waals surface area contributed by atoms with E-state index in [9.17, 15) is 0 Å². The molecule has 0 spiro atoms. The summed E-state index contributed by atoms with van der Waals surface area (Å²) < 4.78 is 15.2. The van der Waals surface area contributed by atoms with Crippen LogP contribution in [0.3, 0.4) is 0 Å². The van der Waals surface area contributed by atoms with Crippen LogP contribution in [0.4, 0.5) is 0 Å². The second kappa shape index (κ2) is 17.2. The second-order valence-corrected chi connectivity index (χ2v) is 11.1. The third kappa shape index (κ3) is 10.8. The highest BCUT2D eigenvalue weighted by Crippen LogP contribution is 2.35. The van der Waals surface area contributed by atoms with Crippen LogP contribution in [0.5, 0.6) is 0 Å². The highest BCUT2D eigenvalue weighted by atomic mass is 32.1. The van der Waals surface area contributed by atoms with Crippen LogP contribution in [-0.4, -0.2) is 40.3 Å². The first-order valence-corrected chi connectivity index (χ1v) is 14.7. The fourth-order valence-corrected chi connectivity index (χ4v) is 4.97. The number of rotatable bonds is 7. The van der Waals surface area contributed by atoms with E-state index < -0.39 is 0 Å². The minimum Gasteiger partial charge on any atom is -0.385 e. The van der Waals surface area contributed by atoms with Crippen LogP contribution in [0.15, 0.2) is 54.5 Å². The minimum atomic E-state index is 0.295. The molecule has 1 atom stereocenters. The second-order valence-electron chi connectivity index (χ2n) is 10.1. The van der Waals surface area contributed by atoms with Crippen molar-refractivity contribution in [2.45, 2.75) is 92.8 Å². The van der Waals surface area contributed by atoms with Gasteiger partial charge in [0, 0.05) is 35.9 Å². The third-order valence-electron chi connectivity index (χ3n) is 6.76. The van der Waals surface area contributed by atoms with Crippen molar-refractivity contribution in [1.82, 2.24) is 14.3 Å². The molecule has 6 heteroatoms. The van der Waals surface area contributed by atoms with Gasteiger partial charge in [0.05, 0.1) is 23.6 Å². The standard InChI is InChI=1S/C15H13N3S.C14H26O.C3H8O/c1-10-3-5-12(6-4-10)15-14(11(2)19-18-15)13-7-8-16-9-17-13;1-5-11(2)10-13(4)15-14-8-6-12(3)7-9-14;1-3-4-2/h3-9H,1-2H3;10,12-14H,5-9H2,1-4H3;3H2,1-2H3/b;11-10-;. The smallest absolute Gasteiger partial charge is 0.116 e. The Morgan fingerprint density at radius 2 is 1.74 bits per heavy atom. The average Bonchev–Trinajstić information content (AvgIpc) is 3.32. The normalized spacial score (nSPS) is 18.1. The Kier molecular flexibility index (Phi) is 14.4. The molecule has 1 fully saturated rings. The fraction of sp³-hybridized carbons (Fsp3) is 0.531. The lowest BCUT2D eigenvalue weighted by Gasteiger charge is -2.28. The SMILES string of the molecule is CC/C(C)=C\C(C)OC1CCC(C)CC1.CCOC.Cc1ccc(-c2nsc(C)c2-c2ccncn2)cc1. The van der Waals surface area contributed by atoms with Gasteiger partial charge < -0.3 is 9.47 Å². The quantitative estimate of drug-likeness (QED) is 0.282. The summed E-state index contributed by atoms with van der Waals surface area (Å²) in [6.07, 6.45) is 12.7. The third-order valence-corrected chi connectivity index (χ3v) is 7.51. The number of ether oxygens (including phenoxy) is 2. The van der Waals surface area contributed by atoms with Crippen molar-refractivity contribution in [3.05, 3.63) is 64.9 Å². The summed E-state index contributed by atoms with van der Waals surface area (Å²) in [5.41, 5.74) is 6.85. The van der Waals surface area contributed by atoms with Crippen molar-refractivity contribution in [2.24, 2.45) is 5.92 Å². The van der Waals surface area contributed by atoms with E-state index in [0.717, 1.165) is 41.5 Å². The van der Waals surface area contributed by atoms with Gasteiger partial charge in [0.1, 0.15) is 6.33 Å². The lowest BCUT2D eigenvalue weighted by molar-refractivity contribution is -0.00618. The molecule has 1 aliphatic carbocycles. The molecule has 0 N–H and O–H groups in total. The van der Waals surface area contributed by atoms with E-state index in [1.54, 1.807) is 19.6 Å². The lowest BCUT2D eigenvalue weighted by Crippen LogP contribution is -2.24. The van der Waals surface area contributed by atoms with Crippen molar-refractivity contribution in [3.8, 4) is 22.5 Å². The molecule has 0 amide bonds. The maximum absolute atomic E-state index is 6.04. The van der Waals surface area contributed by atoms with Crippen molar-refractivity contribution < 1.29 is 9.47 Å². The number of hydrogen-bond donors (Lipinski definition) is 0. The summed E-state index contributed by atoms with van der Waals surface area (Å²) in [6.45, 7) is 15.8. The van der Waals surface area contributed by atoms with Gasteiger partial charge in [-0.15, -0.1) is 0 Å². The molecule has 2 aromatic heterocycles. The molecule has 5 nitrogen and oxygen atoms in total. The first-order valence-electron chi connectivity index (χ1n) is 13.9. The Bertz CT molecular complexity index is 1070. The Labute approximate surface area is 234 Å². The molecule has 1 saturated carbocycles. The molecule has 3 aromatic rings. The summed E-state index contributed by atoms with van der Waals surface area (Å²) >= 11 is 1.51. The Hall–Kier alpha value is -2.41. The zero-order valence-corrected chi connectivity index (χ0v) is 25.5. The zero-order chi connectivity index (χ0) is 27.9. The highest BCUT2D eigenvalue weighted by Gasteiger charge is 2.20. The van der Waals surface area contributed by atoms with Crippen molar-refractivity contribution >= 4 is 11.5 Å². The van der Waals surface area contributed by atoms with E-state index in [-0.39, 0.29) is 0 Å². The van der Waals surface area contributed by atoms with Crippen LogP contribution in [0.25, 0.3) is 22.5 Å². The molecule has 208 valence electrons. The predicted octanol–water partition coefficient (Wildman–Crippen LogP) is 8.86. The Morgan fingerprint density at radius 3 is 2.29 bits per heavy atom. The molecule has 2 heterocycles. The van der Waals surface area contributed by atoms with Crippen LogP contribution in [0.1, 0.15) is 77.2 Å². The molecule has 1 aromatic carbocycles. The van der Waals surface area contributed by atoms with E-state index in [4.69, 9.17) is 4.74 Å². The molecule has 0 radical (unpaired) electrons. The molecule has 4 rings (SSSR count). The Balaban J connectivity index is 0.000000240. The van der Waals surface area contributed by atoms with Crippen molar-refractivity contribution in [3.63, 3.8) is 0 Å². The number of aryl methyl sites for hydroxylation is 2. The van der Waals surface area contributed by atoms with Crippen LogP contribution in [0, 0.1) is 19.8 Å². The maximum atomic E-state index is 6.04. The van der Waals surface area contributed by atoms with E-state index in [0.29, 0.717) is 12.2 Å². The highest BCUT2D eigenvalue weighted by molar-refractivity contribution is 7.06. The van der Waals surface area contributed by atoms with Gasteiger partial charge in [-0.2, -0.15) is 4.37 Å². The number of allylic oxidation sites excluding steroid dienone is 1. The number of benzene rings is 1. The summed E-state index contributed by atoms with van der Waals surface area (Å²) in [4.78, 5) is 9.49. The molecular weight excluding hydrogens is 490 g/mol. The summed E-state index contributed by atoms with van der Waals surface area (Å²) in [5.74, 6) is 0.910. The zero-order valence-electron chi connectivity index (χ0n) is 24.7. The van der Waals surface area contributed by atoms with Gasteiger partial charge in [0.25, 0.3) is 0 Å². The number of hydrogen-bond acceptors (Lipinski definition) is 6. The number of methoxy groups -OCH3 is 1. The molecular formula is C32H47N3O2S. The van der Waals surface area contributed by atoms with Gasteiger partial charge in [-0.1, -0.05) is 55.3 Å². The minimum absolute atomic E-state index is 0.295. The predicted molar refractivity (Wildman–Crippen MR) is 162 cm³/mol. The topological polar surface area (TPSA) is 57.1 Å². The molecule has 38 heavy (non-hydrogen) atoms. The van der Waals surface area contributed by atoms with Gasteiger partial charge in [-0.25, -0.2) is 9.97 Å². The molecule has 0 bridgehead atoms. The van der Waals surface area contributed by atoms with E-state index in [1.165, 1.54) is 53.2 Å². The van der Waals surface area contributed by atoms with Crippen LogP contribution in [-0.2, 0) is 9.47 Å². The summed E-state index contributed by atoms with van der Waals surface area (Å²) in [5, 5.41) is 0. The average molecular weight is 538 g/mol. The van der Waals surface area contributed by atoms with Crippen LogP contribution < -0.4 is 0 Å². The van der Waals surface area contributed by atoms with E-state index in [2.05, 4.69) is 91.0 Å². The van der Waals surface area contributed by atoms with Gasteiger partial charge in [-0.3, -0.25) is 0 Å². The molecule has 1 unspecified atom stereocenters. The summed E-state index contributed by atoms with van der Waals surface area (Å²) in [7, 11) is 1.68. The van der Waals surface area contributed by atoms with Gasteiger partial charge in [0.2, 0.25) is 0 Å². The van der Waals surface area contributed by atoms with E-state index in [1.807, 2.05) is 13.0 Å². The fourth-order valence-electron chi connectivity index (χ4n) is 4.25. The molecule has 1 aliphatic rings.